The maximum absolute atomic E-state index is 12.1. The second-order valence-corrected chi connectivity index (χ2v) is 5.80. The molecule has 0 aliphatic rings. The third-order valence-corrected chi connectivity index (χ3v) is 3.78. The minimum atomic E-state index is -0.282. The number of hydrogen-bond acceptors (Lipinski definition) is 4. The van der Waals surface area contributed by atoms with Crippen molar-refractivity contribution >= 4 is 11.7 Å². The van der Waals surface area contributed by atoms with Crippen molar-refractivity contribution in [2.75, 3.05) is 25.6 Å². The van der Waals surface area contributed by atoms with E-state index in [9.17, 15) is 4.79 Å². The molecular weight excluding hydrogens is 344 g/mol. The minimum absolute atomic E-state index is 0.282. The van der Waals surface area contributed by atoms with Crippen LogP contribution in [0.2, 0.25) is 0 Å². The van der Waals surface area contributed by atoms with Crippen LogP contribution in [0, 0.1) is 0 Å². The smallest absolute Gasteiger partial charge is 0.319 e. The number of urea groups is 1. The van der Waals surface area contributed by atoms with E-state index in [0.717, 1.165) is 17.0 Å². The van der Waals surface area contributed by atoms with E-state index in [2.05, 4.69) is 15.7 Å². The highest BCUT2D eigenvalue weighted by Gasteiger charge is 2.05. The Balaban J connectivity index is 1.46. The minimum Gasteiger partial charge on any atom is -0.491 e. The highest BCUT2D eigenvalue weighted by molar-refractivity contribution is 5.89. The number of aromatic nitrogens is 2. The van der Waals surface area contributed by atoms with Gasteiger partial charge in [-0.3, -0.25) is 0 Å². The first-order valence-electron chi connectivity index (χ1n) is 8.60. The molecule has 7 heteroatoms. The molecule has 27 heavy (non-hydrogen) atoms. The van der Waals surface area contributed by atoms with Crippen LogP contribution in [0.4, 0.5) is 10.5 Å². The number of carbonyl (C=O) groups excluding carboxylic acids is 1. The van der Waals surface area contributed by atoms with Crippen molar-refractivity contribution in [3.8, 4) is 11.4 Å². The second kappa shape index (κ2) is 9.40. The molecule has 0 spiro atoms. The quantitative estimate of drug-likeness (QED) is 0.600. The summed E-state index contributed by atoms with van der Waals surface area (Å²) in [6.07, 6.45) is 3.63. The van der Waals surface area contributed by atoms with E-state index in [0.29, 0.717) is 25.4 Å². The van der Waals surface area contributed by atoms with Crippen molar-refractivity contribution in [2.45, 2.75) is 6.54 Å². The van der Waals surface area contributed by atoms with Gasteiger partial charge in [-0.25, -0.2) is 9.48 Å². The lowest BCUT2D eigenvalue weighted by Gasteiger charge is -2.09. The molecule has 0 aliphatic carbocycles. The van der Waals surface area contributed by atoms with E-state index in [1.54, 1.807) is 42.3 Å². The molecule has 3 rings (SSSR count). The molecule has 7 nitrogen and oxygen atoms in total. The molecule has 0 bridgehead atoms. The number of nitrogens with one attached hydrogen (secondary N) is 2. The zero-order chi connectivity index (χ0) is 18.9. The summed E-state index contributed by atoms with van der Waals surface area (Å²) < 4.78 is 12.2. The van der Waals surface area contributed by atoms with Crippen LogP contribution < -0.4 is 15.4 Å². The number of nitrogens with zero attached hydrogens (tertiary/aromatic N) is 2. The highest BCUT2D eigenvalue weighted by atomic mass is 16.5. The van der Waals surface area contributed by atoms with E-state index < -0.39 is 0 Å². The molecule has 0 radical (unpaired) electrons. The number of hydrogen-bond donors (Lipinski definition) is 2. The lowest BCUT2D eigenvalue weighted by atomic mass is 10.3. The second-order valence-electron chi connectivity index (χ2n) is 5.80. The molecule has 2 amide bonds. The van der Waals surface area contributed by atoms with E-state index in [1.807, 2.05) is 36.5 Å². The van der Waals surface area contributed by atoms with Gasteiger partial charge in [-0.05, 0) is 36.4 Å². The van der Waals surface area contributed by atoms with Crippen LogP contribution in [-0.4, -0.2) is 36.1 Å². The number of rotatable bonds is 8. The van der Waals surface area contributed by atoms with E-state index in [1.165, 1.54) is 0 Å². The van der Waals surface area contributed by atoms with Crippen molar-refractivity contribution in [2.24, 2.45) is 0 Å². The van der Waals surface area contributed by atoms with Gasteiger partial charge in [-0.1, -0.05) is 18.2 Å². The molecule has 1 aromatic heterocycles. The summed E-state index contributed by atoms with van der Waals surface area (Å²) in [7, 11) is 1.63. The predicted octanol–water partition coefficient (Wildman–Crippen LogP) is 3.22. The molecule has 0 fully saturated rings. The summed E-state index contributed by atoms with van der Waals surface area (Å²) in [5.41, 5.74) is 2.57. The van der Waals surface area contributed by atoms with E-state index in [-0.39, 0.29) is 6.03 Å². The molecule has 3 aromatic rings. The number of para-hydroxylation sites is 1. The predicted molar refractivity (Wildman–Crippen MR) is 103 cm³/mol. The van der Waals surface area contributed by atoms with Crippen LogP contribution in [0.5, 0.6) is 5.75 Å². The molecule has 0 aliphatic heterocycles. The molecule has 1 heterocycles. The number of methoxy groups -OCH3 is 1. The fourth-order valence-electron chi connectivity index (χ4n) is 2.41. The topological polar surface area (TPSA) is 77.4 Å². The first-order chi connectivity index (χ1) is 13.2. The Bertz CT molecular complexity index is 847. The average Bonchev–Trinajstić information content (AvgIpc) is 3.18. The van der Waals surface area contributed by atoms with Crippen LogP contribution >= 0.6 is 0 Å². The Morgan fingerprint density at radius 1 is 1.07 bits per heavy atom. The number of amides is 2. The first-order valence-corrected chi connectivity index (χ1v) is 8.60. The van der Waals surface area contributed by atoms with Crippen molar-refractivity contribution in [3.05, 3.63) is 72.6 Å². The molecule has 0 unspecified atom stereocenters. The monoisotopic (exact) mass is 366 g/mol. The molecule has 140 valence electrons. The van der Waals surface area contributed by atoms with E-state index in [4.69, 9.17) is 9.47 Å². The van der Waals surface area contributed by atoms with Crippen LogP contribution in [0.25, 0.3) is 5.69 Å². The summed E-state index contributed by atoms with van der Waals surface area (Å²) >= 11 is 0. The Kier molecular flexibility index (Phi) is 6.43. The maximum Gasteiger partial charge on any atom is 0.319 e. The van der Waals surface area contributed by atoms with Crippen molar-refractivity contribution in [1.29, 1.82) is 0 Å². The summed E-state index contributed by atoms with van der Waals surface area (Å²) in [6.45, 7) is 1.40. The van der Waals surface area contributed by atoms with Crippen LogP contribution in [0.3, 0.4) is 0 Å². The van der Waals surface area contributed by atoms with Gasteiger partial charge >= 0.3 is 6.03 Å². The molecule has 0 atom stereocenters. The number of ether oxygens (including phenoxy) is 2. The molecule has 2 N–H and O–H groups in total. The van der Waals surface area contributed by atoms with Gasteiger partial charge in [0.15, 0.2) is 0 Å². The number of benzene rings is 2. The molecular formula is C20H22N4O3. The maximum atomic E-state index is 12.1. The van der Waals surface area contributed by atoms with Gasteiger partial charge < -0.3 is 20.1 Å². The molecule has 0 saturated carbocycles. The third-order valence-electron chi connectivity index (χ3n) is 3.78. The van der Waals surface area contributed by atoms with Crippen molar-refractivity contribution in [3.63, 3.8) is 0 Å². The van der Waals surface area contributed by atoms with Gasteiger partial charge in [-0.15, -0.1) is 0 Å². The normalized spacial score (nSPS) is 10.4. The SMILES string of the molecule is COCCOc1ccc(NC(=O)NCc2cnn(-c3ccccc3)c2)cc1. The summed E-state index contributed by atoms with van der Waals surface area (Å²) in [5, 5.41) is 9.92. The third kappa shape index (κ3) is 5.58. The fraction of sp³-hybridized carbons (Fsp3) is 0.200. The average molecular weight is 366 g/mol. The van der Waals surface area contributed by atoms with E-state index >= 15 is 0 Å². The first kappa shape index (κ1) is 18.5. The fourth-order valence-corrected chi connectivity index (χ4v) is 2.41. The largest absolute Gasteiger partial charge is 0.491 e. The van der Waals surface area contributed by atoms with Crippen LogP contribution in [0.15, 0.2) is 67.0 Å². The Hall–Kier alpha value is -3.32. The molecule has 2 aromatic carbocycles. The number of anilines is 1. The lowest BCUT2D eigenvalue weighted by Crippen LogP contribution is -2.28. The zero-order valence-corrected chi connectivity index (χ0v) is 15.1. The van der Waals surface area contributed by atoms with Crippen molar-refractivity contribution < 1.29 is 14.3 Å². The highest BCUT2D eigenvalue weighted by Crippen LogP contribution is 2.15. The van der Waals surface area contributed by atoms with Gasteiger partial charge in [0.05, 0.1) is 18.5 Å². The Labute approximate surface area is 157 Å². The van der Waals surface area contributed by atoms with Gasteiger partial charge in [0.25, 0.3) is 0 Å². The standard InChI is InChI=1S/C20H22N4O3/c1-26-11-12-27-19-9-7-17(8-10-19)23-20(25)21-13-16-14-22-24(15-16)18-5-3-2-4-6-18/h2-10,14-15H,11-13H2,1H3,(H2,21,23,25). The summed E-state index contributed by atoms with van der Waals surface area (Å²) in [4.78, 5) is 12.1. The lowest BCUT2D eigenvalue weighted by molar-refractivity contribution is 0.146. The Morgan fingerprint density at radius 3 is 2.59 bits per heavy atom. The molecule has 0 saturated heterocycles. The Morgan fingerprint density at radius 2 is 1.85 bits per heavy atom. The van der Waals surface area contributed by atoms with Crippen LogP contribution in [-0.2, 0) is 11.3 Å². The van der Waals surface area contributed by atoms with Crippen LogP contribution in [0.1, 0.15) is 5.56 Å². The van der Waals surface area contributed by atoms with Gasteiger partial charge in [0, 0.05) is 31.1 Å². The van der Waals surface area contributed by atoms with Gasteiger partial charge in [0.1, 0.15) is 12.4 Å². The van der Waals surface area contributed by atoms with Gasteiger partial charge in [0.2, 0.25) is 0 Å². The summed E-state index contributed by atoms with van der Waals surface area (Å²) in [5.74, 6) is 0.728. The van der Waals surface area contributed by atoms with Crippen molar-refractivity contribution in [1.82, 2.24) is 15.1 Å². The summed E-state index contributed by atoms with van der Waals surface area (Å²) in [6, 6.07) is 16.7. The zero-order valence-electron chi connectivity index (χ0n) is 15.1. The number of carbonyl (C=O) groups is 1. The van der Waals surface area contributed by atoms with Gasteiger partial charge in [-0.2, -0.15) is 5.10 Å².